The highest BCUT2D eigenvalue weighted by Gasteiger charge is 2.25. The summed E-state index contributed by atoms with van der Waals surface area (Å²) in [7, 11) is 0. The number of rotatable bonds is 5. The largest absolute Gasteiger partial charge is 0.439 e. The van der Waals surface area contributed by atoms with E-state index in [0.29, 0.717) is 36.3 Å². The molecule has 1 aromatic carbocycles. The predicted octanol–water partition coefficient (Wildman–Crippen LogP) is 6.01. The molecule has 3 heterocycles. The second-order valence-electron chi connectivity index (χ2n) is 8.92. The third kappa shape index (κ3) is 5.08. The maximum Gasteiger partial charge on any atom is 0.322 e. The van der Waals surface area contributed by atoms with Gasteiger partial charge in [-0.05, 0) is 61.3 Å². The van der Waals surface area contributed by atoms with Crippen molar-refractivity contribution < 1.29 is 14.1 Å². The van der Waals surface area contributed by atoms with Crippen molar-refractivity contribution in [3.63, 3.8) is 0 Å². The van der Waals surface area contributed by atoms with Crippen LogP contribution in [0.5, 0.6) is 11.6 Å². The first-order valence-corrected chi connectivity index (χ1v) is 11.5. The van der Waals surface area contributed by atoms with Crippen LogP contribution in [0.15, 0.2) is 58.9 Å². The second kappa shape index (κ2) is 9.10. The van der Waals surface area contributed by atoms with Gasteiger partial charge in [-0.15, -0.1) is 0 Å². The molecule has 7 heteroatoms. The average molecular weight is 445 g/mol. The van der Waals surface area contributed by atoms with Crippen LogP contribution in [0.3, 0.4) is 0 Å². The minimum atomic E-state index is -0.122. The van der Waals surface area contributed by atoms with Crippen LogP contribution in [-0.4, -0.2) is 34.2 Å². The van der Waals surface area contributed by atoms with Gasteiger partial charge in [0.05, 0.1) is 6.20 Å². The molecule has 2 aliphatic rings. The number of nitrogens with one attached hydrogen (secondary N) is 1. The number of benzene rings is 1. The summed E-state index contributed by atoms with van der Waals surface area (Å²) in [6.07, 6.45) is 9.02. The zero-order chi connectivity index (χ0) is 22.8. The summed E-state index contributed by atoms with van der Waals surface area (Å²) >= 11 is 0. The van der Waals surface area contributed by atoms with Gasteiger partial charge in [-0.1, -0.05) is 41.9 Å². The number of nitrogens with zero attached hydrogens (tertiary/aromatic N) is 3. The smallest absolute Gasteiger partial charge is 0.322 e. The van der Waals surface area contributed by atoms with E-state index in [1.54, 1.807) is 6.92 Å². The second-order valence-corrected chi connectivity index (χ2v) is 8.92. The van der Waals surface area contributed by atoms with Crippen LogP contribution in [0, 0.1) is 12.8 Å². The normalized spacial score (nSPS) is 19.5. The van der Waals surface area contributed by atoms with Crippen LogP contribution in [0.1, 0.15) is 49.0 Å². The van der Waals surface area contributed by atoms with E-state index in [9.17, 15) is 4.79 Å². The van der Waals surface area contributed by atoms with E-state index in [-0.39, 0.29) is 11.9 Å². The highest BCUT2D eigenvalue weighted by Crippen LogP contribution is 2.40. The number of aromatic nitrogens is 2. The lowest BCUT2D eigenvalue weighted by Crippen LogP contribution is -2.42. The maximum absolute atomic E-state index is 12.6. The number of aryl methyl sites for hydroxylation is 1. The van der Waals surface area contributed by atoms with Gasteiger partial charge in [-0.2, -0.15) is 0 Å². The number of anilines is 1. The van der Waals surface area contributed by atoms with E-state index in [1.165, 1.54) is 30.2 Å². The summed E-state index contributed by atoms with van der Waals surface area (Å²) < 4.78 is 11.0. The molecule has 1 aliphatic carbocycles. The van der Waals surface area contributed by atoms with E-state index in [0.717, 1.165) is 17.7 Å². The van der Waals surface area contributed by atoms with Crippen LogP contribution in [-0.2, 0) is 0 Å². The van der Waals surface area contributed by atoms with E-state index in [1.807, 2.05) is 35.4 Å². The van der Waals surface area contributed by atoms with Gasteiger partial charge in [-0.25, -0.2) is 9.78 Å². The monoisotopic (exact) mass is 444 g/mol. The van der Waals surface area contributed by atoms with Gasteiger partial charge in [0.25, 0.3) is 0 Å². The van der Waals surface area contributed by atoms with Crippen LogP contribution < -0.4 is 10.1 Å². The van der Waals surface area contributed by atoms with E-state index < -0.39 is 0 Å². The maximum atomic E-state index is 12.6. The van der Waals surface area contributed by atoms with Crippen molar-refractivity contribution in [3.8, 4) is 11.6 Å². The van der Waals surface area contributed by atoms with Crippen molar-refractivity contribution in [3.05, 3.63) is 71.3 Å². The molecular weight excluding hydrogens is 416 g/mol. The Hall–Kier alpha value is -3.61. The molecule has 2 aromatic heterocycles. The Morgan fingerprint density at radius 1 is 1.24 bits per heavy atom. The number of carbonyl (C=O) groups excluding carboxylic acids is 1. The average Bonchev–Trinajstić information content (AvgIpc) is 3.59. The topological polar surface area (TPSA) is 80.5 Å². The Bertz CT molecular complexity index is 1160. The van der Waals surface area contributed by atoms with Gasteiger partial charge in [-0.3, -0.25) is 0 Å². The number of pyridine rings is 1. The number of amides is 2. The first-order chi connectivity index (χ1) is 16.0. The molecule has 5 rings (SSSR count). The number of likely N-dealkylation sites (tertiary alicyclic amines) is 1. The fraction of sp³-hybridized carbons (Fsp3) is 0.346. The summed E-state index contributed by atoms with van der Waals surface area (Å²) in [6, 6.07) is 12.0. The van der Waals surface area contributed by atoms with Gasteiger partial charge in [0, 0.05) is 25.4 Å². The molecule has 7 nitrogen and oxygen atoms in total. The van der Waals surface area contributed by atoms with Crippen LogP contribution >= 0.6 is 0 Å². The molecule has 0 bridgehead atoms. The number of piperidine rings is 1. The van der Waals surface area contributed by atoms with Gasteiger partial charge >= 0.3 is 6.03 Å². The first kappa shape index (κ1) is 21.2. The minimum absolute atomic E-state index is 0.122. The Labute approximate surface area is 193 Å². The third-order valence-electron chi connectivity index (χ3n) is 6.32. The number of hydrogen-bond acceptors (Lipinski definition) is 5. The van der Waals surface area contributed by atoms with Crippen molar-refractivity contribution in [2.45, 2.75) is 39.0 Å². The molecule has 0 radical (unpaired) electrons. The Morgan fingerprint density at radius 3 is 2.82 bits per heavy atom. The number of carbonyl (C=O) groups is 1. The van der Waals surface area contributed by atoms with Gasteiger partial charge in [0.15, 0.2) is 5.76 Å². The quantitative estimate of drug-likeness (QED) is 0.522. The van der Waals surface area contributed by atoms with Crippen molar-refractivity contribution >= 4 is 17.8 Å². The summed E-state index contributed by atoms with van der Waals surface area (Å²) in [4.78, 5) is 18.9. The van der Waals surface area contributed by atoms with Crippen molar-refractivity contribution in [1.29, 1.82) is 0 Å². The van der Waals surface area contributed by atoms with Gasteiger partial charge < -0.3 is 19.5 Å². The SMILES string of the molecule is Cc1oncc1NC(=O)N1CCC(=Cc2cccc(Oc3ccc(C4CC4)cn3)c2)C(C)C1. The summed E-state index contributed by atoms with van der Waals surface area (Å²) in [5.41, 5.74) is 4.32. The number of urea groups is 1. The summed E-state index contributed by atoms with van der Waals surface area (Å²) in [6.45, 7) is 5.26. The third-order valence-corrected chi connectivity index (χ3v) is 6.32. The van der Waals surface area contributed by atoms with Gasteiger partial charge in [0.2, 0.25) is 5.88 Å². The molecule has 1 unspecified atom stereocenters. The first-order valence-electron chi connectivity index (χ1n) is 11.5. The molecule has 1 aliphatic heterocycles. The lowest BCUT2D eigenvalue weighted by atomic mass is 9.91. The lowest BCUT2D eigenvalue weighted by molar-refractivity contribution is 0.197. The Balaban J connectivity index is 1.21. The molecule has 1 saturated heterocycles. The fourth-order valence-corrected chi connectivity index (χ4v) is 4.17. The number of hydrogen-bond donors (Lipinski definition) is 1. The zero-order valence-electron chi connectivity index (χ0n) is 19.0. The standard InChI is InChI=1S/C26H28N4O3/c1-17-16-30(26(31)29-24-15-28-33-18(24)2)11-10-21(17)12-19-4-3-5-23(13-19)32-25-9-8-22(14-27-25)20-6-7-20/h3-5,8-9,12-15,17,20H,6-7,10-11,16H2,1-2H3,(H,29,31). The molecule has 2 amide bonds. The highest BCUT2D eigenvalue weighted by molar-refractivity contribution is 5.89. The van der Waals surface area contributed by atoms with Crippen molar-refractivity contribution in [1.82, 2.24) is 15.0 Å². The molecule has 1 N–H and O–H groups in total. The Kier molecular flexibility index (Phi) is 5.86. The zero-order valence-corrected chi connectivity index (χ0v) is 19.0. The predicted molar refractivity (Wildman–Crippen MR) is 126 cm³/mol. The van der Waals surface area contributed by atoms with Crippen LogP contribution in [0.2, 0.25) is 0 Å². The molecule has 170 valence electrons. The molecule has 1 atom stereocenters. The minimum Gasteiger partial charge on any atom is -0.439 e. The molecular formula is C26H28N4O3. The molecule has 2 fully saturated rings. The van der Waals surface area contributed by atoms with E-state index >= 15 is 0 Å². The summed E-state index contributed by atoms with van der Waals surface area (Å²) in [5.74, 6) is 2.93. The summed E-state index contributed by atoms with van der Waals surface area (Å²) in [5, 5.41) is 6.59. The highest BCUT2D eigenvalue weighted by atomic mass is 16.5. The van der Waals surface area contributed by atoms with Gasteiger partial charge in [0.1, 0.15) is 11.4 Å². The van der Waals surface area contributed by atoms with E-state index in [4.69, 9.17) is 9.26 Å². The number of ether oxygens (including phenoxy) is 1. The molecule has 1 saturated carbocycles. The van der Waals surface area contributed by atoms with Crippen LogP contribution in [0.4, 0.5) is 10.5 Å². The van der Waals surface area contributed by atoms with Crippen molar-refractivity contribution in [2.24, 2.45) is 5.92 Å². The molecule has 33 heavy (non-hydrogen) atoms. The molecule has 3 aromatic rings. The lowest BCUT2D eigenvalue weighted by Gasteiger charge is -2.33. The van der Waals surface area contributed by atoms with E-state index in [2.05, 4.69) is 40.6 Å². The molecule has 0 spiro atoms. The Morgan fingerprint density at radius 2 is 2.12 bits per heavy atom. The fourth-order valence-electron chi connectivity index (χ4n) is 4.17. The van der Waals surface area contributed by atoms with Crippen molar-refractivity contribution in [2.75, 3.05) is 18.4 Å². The van der Waals surface area contributed by atoms with Crippen LogP contribution in [0.25, 0.3) is 6.08 Å².